The van der Waals surface area contributed by atoms with Gasteiger partial charge in [-0.05, 0) is 38.3 Å². The number of piperidine rings is 1. The third-order valence-corrected chi connectivity index (χ3v) is 3.49. The lowest BCUT2D eigenvalue weighted by Gasteiger charge is -2.36. The van der Waals surface area contributed by atoms with E-state index in [2.05, 4.69) is 31.9 Å². The average molecular weight is 209 g/mol. The van der Waals surface area contributed by atoms with Crippen LogP contribution in [0.2, 0.25) is 0 Å². The van der Waals surface area contributed by atoms with Crippen LogP contribution in [0.5, 0.6) is 0 Å². The van der Waals surface area contributed by atoms with Crippen molar-refractivity contribution in [2.45, 2.75) is 32.7 Å². The van der Waals surface area contributed by atoms with Gasteiger partial charge in [0.05, 0.1) is 12.0 Å². The number of rotatable bonds is 3. The summed E-state index contributed by atoms with van der Waals surface area (Å²) in [6, 6.07) is 2.41. The van der Waals surface area contributed by atoms with Gasteiger partial charge in [0.2, 0.25) is 0 Å². The minimum Gasteiger partial charge on any atom is -0.326 e. The van der Waals surface area contributed by atoms with Gasteiger partial charge in [0.25, 0.3) is 0 Å². The number of likely N-dealkylation sites (tertiary alicyclic amines) is 1. The maximum atomic E-state index is 9.12. The third-order valence-electron chi connectivity index (χ3n) is 3.49. The number of nitrogens with two attached hydrogens (primary N) is 1. The standard InChI is InChI=1S/C12H23N3/c1-9(2)11(7-13)12(14)10-5-4-6-15(3)8-10/h9-12H,4-6,8,14H2,1-3H3. The van der Waals surface area contributed by atoms with Gasteiger partial charge in [-0.25, -0.2) is 0 Å². The zero-order valence-corrected chi connectivity index (χ0v) is 10.1. The quantitative estimate of drug-likeness (QED) is 0.765. The van der Waals surface area contributed by atoms with E-state index in [9.17, 15) is 0 Å². The van der Waals surface area contributed by atoms with Crippen LogP contribution in [0.3, 0.4) is 0 Å². The predicted molar refractivity (Wildman–Crippen MR) is 62.1 cm³/mol. The van der Waals surface area contributed by atoms with Gasteiger partial charge in [0, 0.05) is 12.6 Å². The second-order valence-electron chi connectivity index (χ2n) is 5.14. The molecule has 15 heavy (non-hydrogen) atoms. The van der Waals surface area contributed by atoms with Crippen LogP contribution in [0.15, 0.2) is 0 Å². The van der Waals surface area contributed by atoms with Crippen LogP contribution in [-0.2, 0) is 0 Å². The minimum atomic E-state index is 0.00139. The summed E-state index contributed by atoms with van der Waals surface area (Å²) in [5.41, 5.74) is 6.22. The van der Waals surface area contributed by atoms with Crippen molar-refractivity contribution >= 4 is 0 Å². The second kappa shape index (κ2) is 5.48. The van der Waals surface area contributed by atoms with Crippen LogP contribution in [0.25, 0.3) is 0 Å². The van der Waals surface area contributed by atoms with E-state index < -0.39 is 0 Å². The molecular formula is C12H23N3. The van der Waals surface area contributed by atoms with Gasteiger partial charge < -0.3 is 10.6 Å². The molecule has 0 amide bonds. The molecule has 1 aliphatic rings. The Morgan fingerprint density at radius 1 is 1.47 bits per heavy atom. The molecule has 1 heterocycles. The fourth-order valence-corrected chi connectivity index (χ4v) is 2.49. The first-order chi connectivity index (χ1) is 7.06. The Bertz CT molecular complexity index is 232. The largest absolute Gasteiger partial charge is 0.326 e. The normalized spacial score (nSPS) is 27.3. The summed E-state index contributed by atoms with van der Waals surface area (Å²) >= 11 is 0. The first kappa shape index (κ1) is 12.5. The molecule has 0 aromatic heterocycles. The Balaban J connectivity index is 2.58. The molecule has 1 rings (SSSR count). The van der Waals surface area contributed by atoms with E-state index >= 15 is 0 Å². The molecule has 1 saturated heterocycles. The molecule has 3 atom stereocenters. The molecule has 1 aliphatic heterocycles. The van der Waals surface area contributed by atoms with Crippen LogP contribution in [-0.4, -0.2) is 31.1 Å². The minimum absolute atomic E-state index is 0.00139. The maximum Gasteiger partial charge on any atom is 0.0674 e. The number of hydrogen-bond donors (Lipinski definition) is 1. The van der Waals surface area contributed by atoms with E-state index in [1.54, 1.807) is 0 Å². The summed E-state index contributed by atoms with van der Waals surface area (Å²) in [4.78, 5) is 2.32. The molecule has 1 fully saturated rings. The monoisotopic (exact) mass is 209 g/mol. The molecule has 0 saturated carbocycles. The molecule has 0 aromatic rings. The fraction of sp³-hybridized carbons (Fsp3) is 0.917. The van der Waals surface area contributed by atoms with Gasteiger partial charge in [-0.15, -0.1) is 0 Å². The number of nitrogens with zero attached hydrogens (tertiary/aromatic N) is 2. The van der Waals surface area contributed by atoms with E-state index in [1.807, 2.05) is 0 Å². The van der Waals surface area contributed by atoms with Crippen LogP contribution in [0.4, 0.5) is 0 Å². The maximum absolute atomic E-state index is 9.12. The highest BCUT2D eigenvalue weighted by Gasteiger charge is 2.30. The van der Waals surface area contributed by atoms with Crippen molar-refractivity contribution < 1.29 is 0 Å². The van der Waals surface area contributed by atoms with Crippen LogP contribution in [0, 0.1) is 29.1 Å². The summed E-state index contributed by atoms with van der Waals surface area (Å²) in [6.45, 7) is 6.38. The van der Waals surface area contributed by atoms with Gasteiger partial charge in [-0.3, -0.25) is 0 Å². The highest BCUT2D eigenvalue weighted by molar-refractivity contribution is 4.96. The van der Waals surface area contributed by atoms with Crippen molar-refractivity contribution in [3.63, 3.8) is 0 Å². The molecule has 0 radical (unpaired) electrons. The van der Waals surface area contributed by atoms with Crippen molar-refractivity contribution in [2.75, 3.05) is 20.1 Å². The van der Waals surface area contributed by atoms with E-state index in [-0.39, 0.29) is 12.0 Å². The molecule has 86 valence electrons. The average Bonchev–Trinajstić information content (AvgIpc) is 2.18. The molecule has 3 nitrogen and oxygen atoms in total. The molecule has 0 aliphatic carbocycles. The molecule has 0 spiro atoms. The lowest BCUT2D eigenvalue weighted by Crippen LogP contribution is -2.46. The molecule has 3 unspecified atom stereocenters. The summed E-state index contributed by atoms with van der Waals surface area (Å²) in [5, 5.41) is 9.12. The van der Waals surface area contributed by atoms with Gasteiger partial charge in [0.15, 0.2) is 0 Å². The Kier molecular flexibility index (Phi) is 4.56. The summed E-state index contributed by atoms with van der Waals surface area (Å²) < 4.78 is 0. The highest BCUT2D eigenvalue weighted by Crippen LogP contribution is 2.25. The van der Waals surface area contributed by atoms with E-state index in [1.165, 1.54) is 19.4 Å². The van der Waals surface area contributed by atoms with Gasteiger partial charge >= 0.3 is 0 Å². The zero-order chi connectivity index (χ0) is 11.4. The van der Waals surface area contributed by atoms with Crippen LogP contribution < -0.4 is 5.73 Å². The predicted octanol–water partition coefficient (Wildman–Crippen LogP) is 1.45. The smallest absolute Gasteiger partial charge is 0.0674 e. The summed E-state index contributed by atoms with van der Waals surface area (Å²) in [6.07, 6.45) is 2.39. The Morgan fingerprint density at radius 2 is 2.13 bits per heavy atom. The zero-order valence-electron chi connectivity index (χ0n) is 10.1. The van der Waals surface area contributed by atoms with E-state index in [0.29, 0.717) is 11.8 Å². The third kappa shape index (κ3) is 3.19. The molecule has 0 bridgehead atoms. The number of hydrogen-bond acceptors (Lipinski definition) is 3. The van der Waals surface area contributed by atoms with Crippen molar-refractivity contribution in [3.05, 3.63) is 0 Å². The topological polar surface area (TPSA) is 53.1 Å². The molecular weight excluding hydrogens is 186 g/mol. The van der Waals surface area contributed by atoms with E-state index in [0.717, 1.165) is 6.54 Å². The number of nitriles is 1. The van der Waals surface area contributed by atoms with Gasteiger partial charge in [0.1, 0.15) is 0 Å². The molecule has 3 heteroatoms. The first-order valence-electron chi connectivity index (χ1n) is 5.90. The van der Waals surface area contributed by atoms with Crippen molar-refractivity contribution in [3.8, 4) is 6.07 Å². The lowest BCUT2D eigenvalue weighted by molar-refractivity contribution is 0.163. The molecule has 2 N–H and O–H groups in total. The van der Waals surface area contributed by atoms with Gasteiger partial charge in [-0.2, -0.15) is 5.26 Å². The van der Waals surface area contributed by atoms with E-state index in [4.69, 9.17) is 11.0 Å². The Morgan fingerprint density at radius 3 is 2.60 bits per heavy atom. The van der Waals surface area contributed by atoms with Crippen LogP contribution in [0.1, 0.15) is 26.7 Å². The second-order valence-corrected chi connectivity index (χ2v) is 5.14. The summed E-state index contributed by atoms with van der Waals surface area (Å²) in [7, 11) is 2.13. The highest BCUT2D eigenvalue weighted by atomic mass is 15.1. The first-order valence-corrected chi connectivity index (χ1v) is 5.90. The van der Waals surface area contributed by atoms with Crippen LogP contribution >= 0.6 is 0 Å². The Hall–Kier alpha value is -0.590. The Labute approximate surface area is 93.2 Å². The van der Waals surface area contributed by atoms with Crippen molar-refractivity contribution in [2.24, 2.45) is 23.5 Å². The van der Waals surface area contributed by atoms with Crippen molar-refractivity contribution in [1.29, 1.82) is 5.26 Å². The fourth-order valence-electron chi connectivity index (χ4n) is 2.49. The lowest BCUT2D eigenvalue weighted by atomic mass is 9.79. The SMILES string of the molecule is CC(C)C(C#N)C(N)C1CCCN(C)C1. The molecule has 0 aromatic carbocycles. The van der Waals surface area contributed by atoms with Gasteiger partial charge in [-0.1, -0.05) is 13.8 Å². The summed E-state index contributed by atoms with van der Waals surface area (Å²) in [5.74, 6) is 0.856. The van der Waals surface area contributed by atoms with Crippen molar-refractivity contribution in [1.82, 2.24) is 4.90 Å².